The zero-order valence-corrected chi connectivity index (χ0v) is 14.4. The van der Waals surface area contributed by atoms with Crippen molar-refractivity contribution >= 4 is 28.5 Å². The Morgan fingerprint density at radius 2 is 1.96 bits per heavy atom. The Bertz CT molecular complexity index is 725. The SMILES string of the molecule is CN1CCC(c2nc3c(N4CCOCC4)nc(Cl)cc3n2C)C1. The van der Waals surface area contributed by atoms with E-state index in [4.69, 9.17) is 21.3 Å². The van der Waals surface area contributed by atoms with Crippen molar-refractivity contribution in [3.05, 3.63) is 17.0 Å². The van der Waals surface area contributed by atoms with Gasteiger partial charge >= 0.3 is 0 Å². The van der Waals surface area contributed by atoms with E-state index < -0.39 is 0 Å². The van der Waals surface area contributed by atoms with Gasteiger partial charge < -0.3 is 19.1 Å². The number of halogens is 1. The molecule has 0 aliphatic carbocycles. The molecule has 4 heterocycles. The molecule has 0 spiro atoms. The van der Waals surface area contributed by atoms with Crippen LogP contribution in [-0.4, -0.2) is 65.9 Å². The molecule has 2 fully saturated rings. The number of likely N-dealkylation sites (N-methyl/N-ethyl adjacent to an activating group) is 1. The molecule has 0 bridgehead atoms. The van der Waals surface area contributed by atoms with Crippen LogP contribution >= 0.6 is 11.6 Å². The van der Waals surface area contributed by atoms with E-state index in [0.29, 0.717) is 11.1 Å². The molecule has 2 aromatic rings. The second kappa shape index (κ2) is 5.92. The molecule has 1 atom stereocenters. The molecule has 2 aromatic heterocycles. The van der Waals surface area contributed by atoms with E-state index in [9.17, 15) is 0 Å². The number of rotatable bonds is 2. The number of nitrogens with zero attached hydrogens (tertiary/aromatic N) is 5. The number of hydrogen-bond donors (Lipinski definition) is 0. The van der Waals surface area contributed by atoms with Gasteiger partial charge in [0, 0.05) is 38.7 Å². The van der Waals surface area contributed by atoms with Gasteiger partial charge in [0.05, 0.1) is 18.7 Å². The van der Waals surface area contributed by atoms with Crippen LogP contribution < -0.4 is 4.90 Å². The molecule has 2 saturated heterocycles. The molecule has 0 aromatic carbocycles. The lowest BCUT2D eigenvalue weighted by Crippen LogP contribution is -2.36. The topological polar surface area (TPSA) is 46.4 Å². The Morgan fingerprint density at radius 3 is 2.65 bits per heavy atom. The smallest absolute Gasteiger partial charge is 0.158 e. The van der Waals surface area contributed by atoms with Crippen molar-refractivity contribution in [2.24, 2.45) is 7.05 Å². The Hall–Kier alpha value is -1.37. The fraction of sp³-hybridized carbons (Fsp3) is 0.625. The number of pyridine rings is 1. The fourth-order valence-electron chi connectivity index (χ4n) is 3.66. The fourth-order valence-corrected chi connectivity index (χ4v) is 3.85. The van der Waals surface area contributed by atoms with Crippen molar-refractivity contribution in [3.8, 4) is 0 Å². The molecule has 1 unspecified atom stereocenters. The van der Waals surface area contributed by atoms with Gasteiger partial charge in [0.25, 0.3) is 0 Å². The zero-order chi connectivity index (χ0) is 16.0. The molecule has 2 aliphatic heterocycles. The number of ether oxygens (including phenoxy) is 1. The molecule has 0 N–H and O–H groups in total. The van der Waals surface area contributed by atoms with Crippen LogP contribution in [0.5, 0.6) is 0 Å². The normalized spacial score (nSPS) is 23.1. The molecule has 124 valence electrons. The van der Waals surface area contributed by atoms with Crippen molar-refractivity contribution in [1.29, 1.82) is 0 Å². The lowest BCUT2D eigenvalue weighted by atomic mass is 10.1. The number of hydrogen-bond acceptors (Lipinski definition) is 5. The molecule has 0 saturated carbocycles. The zero-order valence-electron chi connectivity index (χ0n) is 13.6. The highest BCUT2D eigenvalue weighted by Crippen LogP contribution is 2.33. The third kappa shape index (κ3) is 2.69. The first-order valence-electron chi connectivity index (χ1n) is 8.17. The summed E-state index contributed by atoms with van der Waals surface area (Å²) in [6, 6.07) is 1.93. The van der Waals surface area contributed by atoms with E-state index in [1.54, 1.807) is 0 Å². The van der Waals surface area contributed by atoms with Crippen molar-refractivity contribution < 1.29 is 4.74 Å². The van der Waals surface area contributed by atoms with E-state index in [1.807, 2.05) is 6.07 Å². The van der Waals surface area contributed by atoms with Gasteiger partial charge in [-0.15, -0.1) is 0 Å². The van der Waals surface area contributed by atoms with Crippen molar-refractivity contribution in [2.45, 2.75) is 12.3 Å². The van der Waals surface area contributed by atoms with Crippen LogP contribution in [0.1, 0.15) is 18.2 Å². The Balaban J connectivity index is 1.81. The average molecular weight is 336 g/mol. The van der Waals surface area contributed by atoms with E-state index in [-0.39, 0.29) is 0 Å². The standard InChI is InChI=1S/C16H22ClN5O/c1-20-4-3-11(10-20)15-19-14-12(21(15)2)9-13(17)18-16(14)22-5-7-23-8-6-22/h9,11H,3-8,10H2,1-2H3. The summed E-state index contributed by atoms with van der Waals surface area (Å²) in [4.78, 5) is 14.1. The minimum atomic E-state index is 0.480. The molecule has 2 aliphatic rings. The third-order valence-corrected chi connectivity index (χ3v) is 5.12. The number of morpholine rings is 1. The largest absolute Gasteiger partial charge is 0.378 e. The van der Waals surface area contributed by atoms with E-state index in [1.165, 1.54) is 0 Å². The highest BCUT2D eigenvalue weighted by molar-refractivity contribution is 6.30. The van der Waals surface area contributed by atoms with Crippen LogP contribution in [0.4, 0.5) is 5.82 Å². The van der Waals surface area contributed by atoms with Gasteiger partial charge in [0.15, 0.2) is 5.82 Å². The first-order chi connectivity index (χ1) is 11.1. The first-order valence-corrected chi connectivity index (χ1v) is 8.55. The summed E-state index contributed by atoms with van der Waals surface area (Å²) in [7, 11) is 4.25. The monoisotopic (exact) mass is 335 g/mol. The lowest BCUT2D eigenvalue weighted by molar-refractivity contribution is 0.122. The Morgan fingerprint density at radius 1 is 1.17 bits per heavy atom. The number of imidazole rings is 1. The van der Waals surface area contributed by atoms with Gasteiger partial charge in [0.1, 0.15) is 16.5 Å². The summed E-state index contributed by atoms with van der Waals surface area (Å²) >= 11 is 6.29. The maximum absolute atomic E-state index is 6.29. The van der Waals surface area contributed by atoms with Crippen LogP contribution in [-0.2, 0) is 11.8 Å². The molecular formula is C16H22ClN5O. The molecule has 6 nitrogen and oxygen atoms in total. The molecular weight excluding hydrogens is 314 g/mol. The highest BCUT2D eigenvalue weighted by atomic mass is 35.5. The third-order valence-electron chi connectivity index (χ3n) is 4.92. The first kappa shape index (κ1) is 15.2. The van der Waals surface area contributed by atoms with Gasteiger partial charge in [-0.05, 0) is 20.0 Å². The van der Waals surface area contributed by atoms with Crippen LogP contribution in [0.3, 0.4) is 0 Å². The predicted molar refractivity (Wildman–Crippen MR) is 91.4 cm³/mol. The summed E-state index contributed by atoms with van der Waals surface area (Å²) < 4.78 is 7.64. The van der Waals surface area contributed by atoms with Gasteiger partial charge in [-0.25, -0.2) is 9.97 Å². The predicted octanol–water partition coefficient (Wildman–Crippen LogP) is 1.88. The molecule has 0 radical (unpaired) electrons. The molecule has 23 heavy (non-hydrogen) atoms. The summed E-state index contributed by atoms with van der Waals surface area (Å²) in [6.45, 7) is 5.31. The molecule has 7 heteroatoms. The van der Waals surface area contributed by atoms with Crippen molar-refractivity contribution in [3.63, 3.8) is 0 Å². The number of fused-ring (bicyclic) bond motifs is 1. The second-order valence-corrected chi connectivity index (χ2v) is 6.90. The summed E-state index contributed by atoms with van der Waals surface area (Å²) in [6.07, 6.45) is 1.15. The lowest BCUT2D eigenvalue weighted by Gasteiger charge is -2.28. The van der Waals surface area contributed by atoms with Gasteiger partial charge in [-0.1, -0.05) is 11.6 Å². The number of aryl methyl sites for hydroxylation is 1. The quantitative estimate of drug-likeness (QED) is 0.784. The van der Waals surface area contributed by atoms with Crippen LogP contribution in [0, 0.1) is 0 Å². The highest BCUT2D eigenvalue weighted by Gasteiger charge is 2.27. The van der Waals surface area contributed by atoms with Crippen molar-refractivity contribution in [1.82, 2.24) is 19.4 Å². The van der Waals surface area contributed by atoms with Crippen LogP contribution in [0.2, 0.25) is 5.15 Å². The van der Waals surface area contributed by atoms with E-state index >= 15 is 0 Å². The number of likely N-dealkylation sites (tertiary alicyclic amines) is 1. The summed E-state index contributed by atoms with van der Waals surface area (Å²) in [5.74, 6) is 2.51. The van der Waals surface area contributed by atoms with E-state index in [2.05, 4.69) is 33.4 Å². The summed E-state index contributed by atoms with van der Waals surface area (Å²) in [5, 5.41) is 0.525. The Labute approximate surface area is 141 Å². The van der Waals surface area contributed by atoms with Crippen LogP contribution in [0.15, 0.2) is 6.07 Å². The van der Waals surface area contributed by atoms with Crippen LogP contribution in [0.25, 0.3) is 11.0 Å². The number of aromatic nitrogens is 3. The minimum Gasteiger partial charge on any atom is -0.378 e. The summed E-state index contributed by atoms with van der Waals surface area (Å²) in [5.41, 5.74) is 2.03. The number of anilines is 1. The maximum atomic E-state index is 6.29. The van der Waals surface area contributed by atoms with Gasteiger partial charge in [-0.2, -0.15) is 0 Å². The average Bonchev–Trinajstić information content (AvgIpc) is 3.12. The molecule has 4 rings (SSSR count). The minimum absolute atomic E-state index is 0.480. The van der Waals surface area contributed by atoms with Gasteiger partial charge in [-0.3, -0.25) is 0 Å². The van der Waals surface area contributed by atoms with E-state index in [0.717, 1.165) is 68.5 Å². The maximum Gasteiger partial charge on any atom is 0.158 e. The second-order valence-electron chi connectivity index (χ2n) is 6.51. The molecule has 0 amide bonds. The van der Waals surface area contributed by atoms with Crippen molar-refractivity contribution in [2.75, 3.05) is 51.3 Å². The van der Waals surface area contributed by atoms with Gasteiger partial charge in [0.2, 0.25) is 0 Å². The Kier molecular flexibility index (Phi) is 3.91.